The molecule has 6 rings (SSSR count). The normalized spacial score (nSPS) is 17.6. The fourth-order valence-corrected chi connectivity index (χ4v) is 5.71. The highest BCUT2D eigenvalue weighted by molar-refractivity contribution is 5.94. The summed E-state index contributed by atoms with van der Waals surface area (Å²) < 4.78 is 0. The molecular weight excluding hydrogens is 502 g/mol. The van der Waals surface area contributed by atoms with Crippen LogP contribution in [-0.4, -0.2) is 39.3 Å². The molecule has 200 valence electrons. The van der Waals surface area contributed by atoms with Crippen molar-refractivity contribution in [2.24, 2.45) is 5.92 Å². The molecule has 3 aromatic carbocycles. The van der Waals surface area contributed by atoms with E-state index in [1.54, 1.807) is 42.7 Å². The van der Waals surface area contributed by atoms with Crippen LogP contribution in [-0.2, 0) is 24.3 Å². The first kappa shape index (κ1) is 25.5. The summed E-state index contributed by atoms with van der Waals surface area (Å²) in [4.78, 5) is 43.8. The van der Waals surface area contributed by atoms with Gasteiger partial charge < -0.3 is 15.3 Å². The molecule has 1 aromatic heterocycles. The number of nitrogens with zero attached hydrogens (tertiary/aromatic N) is 2. The maximum Gasteiger partial charge on any atom is 0.335 e. The van der Waals surface area contributed by atoms with Gasteiger partial charge in [0.2, 0.25) is 5.91 Å². The van der Waals surface area contributed by atoms with Crippen LogP contribution in [0, 0.1) is 5.92 Å². The molecule has 7 heteroatoms. The minimum Gasteiger partial charge on any atom is -0.478 e. The number of aromatic carboxylic acids is 1. The van der Waals surface area contributed by atoms with Gasteiger partial charge in [-0.25, -0.2) is 4.79 Å². The van der Waals surface area contributed by atoms with E-state index in [9.17, 15) is 19.5 Å². The number of rotatable bonds is 7. The minimum atomic E-state index is -0.974. The number of carboxylic acid groups (broad SMARTS) is 1. The van der Waals surface area contributed by atoms with Crippen molar-refractivity contribution in [3.05, 3.63) is 125 Å². The Kier molecular flexibility index (Phi) is 6.86. The lowest BCUT2D eigenvalue weighted by atomic mass is 9.87. The fraction of sp³-hybridized carbons (Fsp3) is 0.212. The molecule has 0 unspecified atom stereocenters. The summed E-state index contributed by atoms with van der Waals surface area (Å²) >= 11 is 0. The first-order valence-corrected chi connectivity index (χ1v) is 13.5. The Labute approximate surface area is 232 Å². The third-order valence-electron chi connectivity index (χ3n) is 7.95. The van der Waals surface area contributed by atoms with Crippen molar-refractivity contribution >= 4 is 17.8 Å². The SMILES string of the molecule is O=C(O)c1cccc(-c2ccc(CNC(=O)[C@H]3C[C@@H]3c3ccccc3)c3c2CCN(C(=O)c2ccncc2)C3)c1. The van der Waals surface area contributed by atoms with Gasteiger partial charge in [-0.2, -0.15) is 0 Å². The maximum absolute atomic E-state index is 13.3. The second-order valence-electron chi connectivity index (χ2n) is 10.4. The van der Waals surface area contributed by atoms with Crippen molar-refractivity contribution in [1.82, 2.24) is 15.2 Å². The summed E-state index contributed by atoms with van der Waals surface area (Å²) in [6.07, 6.45) is 4.70. The van der Waals surface area contributed by atoms with Gasteiger partial charge in [-0.3, -0.25) is 14.6 Å². The third-order valence-corrected chi connectivity index (χ3v) is 7.95. The molecule has 2 N–H and O–H groups in total. The van der Waals surface area contributed by atoms with Crippen LogP contribution >= 0.6 is 0 Å². The standard InChI is InChI=1S/C33H29N3O4/c37-31(29-18-28(29)21-5-2-1-3-6-21)35-19-25-9-10-26(23-7-4-8-24(17-23)33(39)40)27-13-16-36(20-30(25)27)32(38)22-11-14-34-15-12-22/h1-12,14-15,17,28-29H,13,16,18-20H2,(H,35,37)(H,39,40)/t28-,29+/m1/s1. The van der Waals surface area contributed by atoms with Crippen molar-refractivity contribution < 1.29 is 19.5 Å². The van der Waals surface area contributed by atoms with Crippen LogP contribution < -0.4 is 5.32 Å². The zero-order valence-corrected chi connectivity index (χ0v) is 21.9. The van der Waals surface area contributed by atoms with Gasteiger partial charge in [0, 0.05) is 43.5 Å². The highest BCUT2D eigenvalue weighted by atomic mass is 16.4. The highest BCUT2D eigenvalue weighted by Gasteiger charge is 2.43. The van der Waals surface area contributed by atoms with E-state index in [-0.39, 0.29) is 29.2 Å². The van der Waals surface area contributed by atoms with Crippen molar-refractivity contribution in [2.75, 3.05) is 6.54 Å². The third kappa shape index (κ3) is 5.10. The van der Waals surface area contributed by atoms with E-state index < -0.39 is 5.97 Å². The second kappa shape index (κ2) is 10.8. The van der Waals surface area contributed by atoms with Crippen LogP contribution in [0.15, 0.2) is 91.3 Å². The zero-order chi connectivity index (χ0) is 27.6. The van der Waals surface area contributed by atoms with Crippen molar-refractivity contribution in [2.45, 2.75) is 31.8 Å². The van der Waals surface area contributed by atoms with E-state index in [4.69, 9.17) is 0 Å². The molecule has 2 aliphatic rings. The molecule has 1 saturated carbocycles. The topological polar surface area (TPSA) is 99.6 Å². The second-order valence-corrected chi connectivity index (χ2v) is 10.4. The summed E-state index contributed by atoms with van der Waals surface area (Å²) in [7, 11) is 0. The van der Waals surface area contributed by atoms with Crippen LogP contribution in [0.3, 0.4) is 0 Å². The number of fused-ring (bicyclic) bond motifs is 1. The molecule has 0 bridgehead atoms. The van der Waals surface area contributed by atoms with Gasteiger partial charge in [-0.1, -0.05) is 54.6 Å². The highest BCUT2D eigenvalue weighted by Crippen LogP contribution is 2.47. The van der Waals surface area contributed by atoms with Crippen LogP contribution in [0.25, 0.3) is 11.1 Å². The van der Waals surface area contributed by atoms with E-state index in [1.807, 2.05) is 41.3 Å². The number of carboxylic acids is 1. The van der Waals surface area contributed by atoms with Gasteiger partial charge in [0.15, 0.2) is 0 Å². The summed E-state index contributed by atoms with van der Waals surface area (Å²) in [5, 5.41) is 12.7. The van der Waals surface area contributed by atoms with Crippen molar-refractivity contribution in [3.63, 3.8) is 0 Å². The van der Waals surface area contributed by atoms with Gasteiger partial charge in [0.05, 0.1) is 5.56 Å². The Morgan fingerprint density at radius 3 is 2.48 bits per heavy atom. The lowest BCUT2D eigenvalue weighted by Gasteiger charge is -2.32. The number of nitrogens with one attached hydrogen (secondary N) is 1. The quantitative estimate of drug-likeness (QED) is 0.347. The number of benzene rings is 3. The lowest BCUT2D eigenvalue weighted by Crippen LogP contribution is -2.37. The van der Waals surface area contributed by atoms with Gasteiger partial charge in [-0.15, -0.1) is 0 Å². The summed E-state index contributed by atoms with van der Waals surface area (Å²) in [6, 6.07) is 24.5. The van der Waals surface area contributed by atoms with E-state index in [0.29, 0.717) is 31.6 Å². The number of carbonyl (C=O) groups excluding carboxylic acids is 2. The molecule has 0 radical (unpaired) electrons. The summed E-state index contributed by atoms with van der Waals surface area (Å²) in [6.45, 7) is 1.31. The predicted octanol–water partition coefficient (Wildman–Crippen LogP) is 5.07. The number of pyridine rings is 1. The van der Waals surface area contributed by atoms with Crippen LogP contribution in [0.5, 0.6) is 0 Å². The zero-order valence-electron chi connectivity index (χ0n) is 21.9. The molecule has 40 heavy (non-hydrogen) atoms. The van der Waals surface area contributed by atoms with E-state index in [0.717, 1.165) is 34.2 Å². The molecule has 4 aromatic rings. The van der Waals surface area contributed by atoms with Gasteiger partial charge in [0.25, 0.3) is 5.91 Å². The Bertz CT molecular complexity index is 1590. The summed E-state index contributed by atoms with van der Waals surface area (Å²) in [5.41, 5.74) is 6.83. The average Bonchev–Trinajstić information content (AvgIpc) is 3.81. The lowest BCUT2D eigenvalue weighted by molar-refractivity contribution is -0.122. The Balaban J connectivity index is 1.28. The fourth-order valence-electron chi connectivity index (χ4n) is 5.71. The average molecular weight is 532 g/mol. The molecule has 2 amide bonds. The molecule has 7 nitrogen and oxygen atoms in total. The first-order valence-electron chi connectivity index (χ1n) is 13.5. The van der Waals surface area contributed by atoms with E-state index >= 15 is 0 Å². The number of amides is 2. The van der Waals surface area contributed by atoms with Crippen LogP contribution in [0.2, 0.25) is 0 Å². The molecule has 1 aliphatic heterocycles. The summed E-state index contributed by atoms with van der Waals surface area (Å²) in [5.74, 6) is -0.766. The molecule has 2 heterocycles. The Morgan fingerprint density at radius 2 is 1.70 bits per heavy atom. The van der Waals surface area contributed by atoms with Gasteiger partial charge in [0.1, 0.15) is 0 Å². The Morgan fingerprint density at radius 1 is 0.900 bits per heavy atom. The smallest absolute Gasteiger partial charge is 0.335 e. The number of carbonyl (C=O) groups is 3. The van der Waals surface area contributed by atoms with E-state index in [2.05, 4.69) is 22.4 Å². The molecule has 0 spiro atoms. The number of hydrogen-bond acceptors (Lipinski definition) is 4. The molecule has 0 saturated heterocycles. The molecular formula is C33H29N3O4. The molecule has 2 atom stereocenters. The largest absolute Gasteiger partial charge is 0.478 e. The van der Waals surface area contributed by atoms with Gasteiger partial charge in [-0.05, 0) is 76.4 Å². The van der Waals surface area contributed by atoms with Gasteiger partial charge >= 0.3 is 5.97 Å². The number of hydrogen-bond donors (Lipinski definition) is 2. The van der Waals surface area contributed by atoms with Crippen LogP contribution in [0.1, 0.15) is 55.3 Å². The van der Waals surface area contributed by atoms with Crippen LogP contribution in [0.4, 0.5) is 0 Å². The molecule has 1 aliphatic carbocycles. The monoisotopic (exact) mass is 531 g/mol. The minimum absolute atomic E-state index is 0.0268. The maximum atomic E-state index is 13.3. The van der Waals surface area contributed by atoms with E-state index in [1.165, 1.54) is 5.56 Å². The first-order chi connectivity index (χ1) is 19.5. The molecule has 1 fully saturated rings. The predicted molar refractivity (Wildman–Crippen MR) is 151 cm³/mol. The van der Waals surface area contributed by atoms with Crippen molar-refractivity contribution in [3.8, 4) is 11.1 Å². The Hall–Kier alpha value is -4.78. The number of aromatic nitrogens is 1. The van der Waals surface area contributed by atoms with Crippen molar-refractivity contribution in [1.29, 1.82) is 0 Å².